The van der Waals surface area contributed by atoms with Gasteiger partial charge in [-0.15, -0.1) is 0 Å². The Morgan fingerprint density at radius 2 is 1.89 bits per heavy atom. The summed E-state index contributed by atoms with van der Waals surface area (Å²) < 4.78 is 10.9. The summed E-state index contributed by atoms with van der Waals surface area (Å²) in [5, 5.41) is 6.14. The Labute approximate surface area is 160 Å². The van der Waals surface area contributed by atoms with Crippen LogP contribution in [-0.4, -0.2) is 18.4 Å². The maximum atomic E-state index is 12.6. The SMILES string of the molecule is CC1(C)COc2cc(NC(=O)c3cc4ccccc4oc3=O)ccc2NC1=O. The highest BCUT2D eigenvalue weighted by Gasteiger charge is 2.32. The first-order valence-electron chi connectivity index (χ1n) is 8.76. The van der Waals surface area contributed by atoms with E-state index in [0.29, 0.717) is 28.1 Å². The summed E-state index contributed by atoms with van der Waals surface area (Å²) in [5.74, 6) is -0.281. The second kappa shape index (κ2) is 6.53. The van der Waals surface area contributed by atoms with E-state index in [4.69, 9.17) is 9.15 Å². The third-order valence-corrected chi connectivity index (χ3v) is 4.58. The summed E-state index contributed by atoms with van der Waals surface area (Å²) in [4.78, 5) is 36.9. The van der Waals surface area contributed by atoms with Crippen molar-refractivity contribution in [1.82, 2.24) is 0 Å². The molecule has 142 valence electrons. The molecule has 1 aromatic heterocycles. The smallest absolute Gasteiger partial charge is 0.349 e. The number of hydrogen-bond acceptors (Lipinski definition) is 5. The van der Waals surface area contributed by atoms with Crippen molar-refractivity contribution >= 4 is 34.2 Å². The average Bonchev–Trinajstić information content (AvgIpc) is 2.77. The molecular weight excluding hydrogens is 360 g/mol. The van der Waals surface area contributed by atoms with Crippen molar-refractivity contribution in [3.05, 3.63) is 64.5 Å². The van der Waals surface area contributed by atoms with Crippen molar-refractivity contribution in [1.29, 1.82) is 0 Å². The van der Waals surface area contributed by atoms with Crippen LogP contribution in [0.15, 0.2) is 57.7 Å². The van der Waals surface area contributed by atoms with Gasteiger partial charge >= 0.3 is 5.63 Å². The van der Waals surface area contributed by atoms with E-state index in [9.17, 15) is 14.4 Å². The third kappa shape index (κ3) is 3.22. The van der Waals surface area contributed by atoms with Gasteiger partial charge < -0.3 is 19.8 Å². The van der Waals surface area contributed by atoms with Crippen LogP contribution >= 0.6 is 0 Å². The molecule has 1 aliphatic heterocycles. The fraction of sp³-hybridized carbons (Fsp3) is 0.190. The minimum atomic E-state index is -0.712. The molecule has 0 fully saturated rings. The Kier molecular flexibility index (Phi) is 4.15. The number of anilines is 2. The first-order chi connectivity index (χ1) is 13.3. The van der Waals surface area contributed by atoms with Crippen molar-refractivity contribution in [3.8, 4) is 5.75 Å². The van der Waals surface area contributed by atoms with Gasteiger partial charge in [0, 0.05) is 17.1 Å². The number of benzene rings is 2. The zero-order valence-electron chi connectivity index (χ0n) is 15.4. The van der Waals surface area contributed by atoms with Gasteiger partial charge in [0.2, 0.25) is 5.91 Å². The third-order valence-electron chi connectivity index (χ3n) is 4.58. The fourth-order valence-corrected chi connectivity index (χ4v) is 2.86. The van der Waals surface area contributed by atoms with E-state index in [0.717, 1.165) is 0 Å². The van der Waals surface area contributed by atoms with Crippen LogP contribution in [0.4, 0.5) is 11.4 Å². The molecule has 7 heteroatoms. The van der Waals surface area contributed by atoms with Gasteiger partial charge in [0.1, 0.15) is 23.5 Å². The second-order valence-corrected chi connectivity index (χ2v) is 7.28. The lowest BCUT2D eigenvalue weighted by molar-refractivity contribution is -0.124. The number of nitrogens with one attached hydrogen (secondary N) is 2. The van der Waals surface area contributed by atoms with E-state index in [1.165, 1.54) is 6.07 Å². The standard InChI is InChI=1S/C21H18N2O5/c1-21(2)11-27-17-10-13(7-8-15(17)23-20(21)26)22-18(24)14-9-12-5-3-4-6-16(12)28-19(14)25/h3-10H,11H2,1-2H3,(H,22,24)(H,23,26). The Hall–Kier alpha value is -3.61. The summed E-state index contributed by atoms with van der Waals surface area (Å²) in [5.41, 5.74) is -0.0999. The average molecular weight is 378 g/mol. The summed E-state index contributed by atoms with van der Waals surface area (Å²) in [6.45, 7) is 3.78. The van der Waals surface area contributed by atoms with Crippen LogP contribution < -0.4 is 21.0 Å². The van der Waals surface area contributed by atoms with Crippen LogP contribution in [-0.2, 0) is 4.79 Å². The molecule has 0 unspecified atom stereocenters. The van der Waals surface area contributed by atoms with Crippen molar-refractivity contribution in [2.75, 3.05) is 17.2 Å². The molecule has 0 aliphatic carbocycles. The Bertz CT molecular complexity index is 1160. The lowest BCUT2D eigenvalue weighted by Gasteiger charge is -2.18. The van der Waals surface area contributed by atoms with Gasteiger partial charge in [0.25, 0.3) is 5.91 Å². The van der Waals surface area contributed by atoms with Crippen LogP contribution in [0.2, 0.25) is 0 Å². The van der Waals surface area contributed by atoms with Crippen LogP contribution in [0.3, 0.4) is 0 Å². The molecule has 0 atom stereocenters. The van der Waals surface area contributed by atoms with E-state index in [-0.39, 0.29) is 18.1 Å². The molecule has 2 aromatic carbocycles. The number of carbonyl (C=O) groups is 2. The molecule has 28 heavy (non-hydrogen) atoms. The summed E-state index contributed by atoms with van der Waals surface area (Å²) in [6.07, 6.45) is 0. The van der Waals surface area contributed by atoms with E-state index in [1.807, 2.05) is 0 Å². The molecule has 1 aliphatic rings. The number of para-hydroxylation sites is 1. The second-order valence-electron chi connectivity index (χ2n) is 7.28. The van der Waals surface area contributed by atoms with E-state index >= 15 is 0 Å². The number of rotatable bonds is 2. The number of hydrogen-bond donors (Lipinski definition) is 2. The molecule has 2 amide bonds. The summed E-state index contributed by atoms with van der Waals surface area (Å²) in [7, 11) is 0. The molecule has 0 bridgehead atoms. The highest BCUT2D eigenvalue weighted by atomic mass is 16.5. The molecule has 0 spiro atoms. The van der Waals surface area contributed by atoms with Crippen molar-refractivity contribution in [3.63, 3.8) is 0 Å². The molecule has 2 heterocycles. The number of ether oxygens (including phenoxy) is 1. The molecule has 3 aromatic rings. The van der Waals surface area contributed by atoms with Gasteiger partial charge in [-0.25, -0.2) is 4.79 Å². The quantitative estimate of drug-likeness (QED) is 0.666. The molecule has 4 rings (SSSR count). The Balaban J connectivity index is 1.61. The Morgan fingerprint density at radius 3 is 2.71 bits per heavy atom. The highest BCUT2D eigenvalue weighted by molar-refractivity contribution is 6.06. The maximum absolute atomic E-state index is 12.6. The minimum absolute atomic E-state index is 0.0935. The van der Waals surface area contributed by atoms with Crippen molar-refractivity contribution in [2.24, 2.45) is 5.41 Å². The molecule has 0 radical (unpaired) electrons. The molecule has 0 saturated heterocycles. The fourth-order valence-electron chi connectivity index (χ4n) is 2.86. The Morgan fingerprint density at radius 1 is 1.11 bits per heavy atom. The van der Waals surface area contributed by atoms with Gasteiger partial charge in [-0.2, -0.15) is 0 Å². The molecular formula is C21H18N2O5. The molecule has 2 N–H and O–H groups in total. The monoisotopic (exact) mass is 378 g/mol. The first-order valence-corrected chi connectivity index (χ1v) is 8.76. The van der Waals surface area contributed by atoms with Crippen LogP contribution in [0, 0.1) is 5.41 Å². The largest absolute Gasteiger partial charge is 0.490 e. The highest BCUT2D eigenvalue weighted by Crippen LogP contribution is 2.34. The van der Waals surface area contributed by atoms with Gasteiger partial charge in [-0.05, 0) is 38.1 Å². The summed E-state index contributed by atoms with van der Waals surface area (Å²) in [6, 6.07) is 13.4. The minimum Gasteiger partial charge on any atom is -0.490 e. The van der Waals surface area contributed by atoms with Crippen molar-refractivity contribution in [2.45, 2.75) is 13.8 Å². The predicted octanol–water partition coefficient (Wildman–Crippen LogP) is 3.40. The van der Waals surface area contributed by atoms with E-state index < -0.39 is 16.9 Å². The zero-order valence-corrected chi connectivity index (χ0v) is 15.4. The predicted molar refractivity (Wildman–Crippen MR) is 105 cm³/mol. The van der Waals surface area contributed by atoms with Gasteiger partial charge in [0.15, 0.2) is 0 Å². The number of carbonyl (C=O) groups excluding carboxylic acids is 2. The normalized spacial score (nSPS) is 15.1. The maximum Gasteiger partial charge on any atom is 0.349 e. The van der Waals surface area contributed by atoms with Crippen LogP contribution in [0.5, 0.6) is 5.75 Å². The van der Waals surface area contributed by atoms with Crippen LogP contribution in [0.1, 0.15) is 24.2 Å². The first kappa shape index (κ1) is 17.8. The van der Waals surface area contributed by atoms with E-state index in [1.54, 1.807) is 56.3 Å². The number of fused-ring (bicyclic) bond motifs is 2. The molecule has 0 saturated carbocycles. The lowest BCUT2D eigenvalue weighted by Crippen LogP contribution is -2.33. The molecule has 7 nitrogen and oxygen atoms in total. The summed E-state index contributed by atoms with van der Waals surface area (Å²) >= 11 is 0. The van der Waals surface area contributed by atoms with E-state index in [2.05, 4.69) is 10.6 Å². The van der Waals surface area contributed by atoms with Gasteiger partial charge in [0.05, 0.1) is 11.1 Å². The van der Waals surface area contributed by atoms with Crippen molar-refractivity contribution < 1.29 is 18.7 Å². The lowest BCUT2D eigenvalue weighted by atomic mass is 9.94. The zero-order chi connectivity index (χ0) is 19.9. The van der Waals surface area contributed by atoms with Gasteiger partial charge in [-0.3, -0.25) is 9.59 Å². The number of amides is 2. The van der Waals surface area contributed by atoms with Crippen LogP contribution in [0.25, 0.3) is 11.0 Å². The topological polar surface area (TPSA) is 97.6 Å². The van der Waals surface area contributed by atoms with Gasteiger partial charge in [-0.1, -0.05) is 18.2 Å².